The number of benzene rings is 1. The molecule has 0 bridgehead atoms. The third-order valence-corrected chi connectivity index (χ3v) is 4.11. The topological polar surface area (TPSA) is 84.3 Å². The maximum absolute atomic E-state index is 12.1. The minimum absolute atomic E-state index is 0.00590. The largest absolute Gasteiger partial charge is 0.461 e. The van der Waals surface area contributed by atoms with E-state index in [9.17, 15) is 9.59 Å². The van der Waals surface area contributed by atoms with E-state index in [2.05, 4.69) is 10.3 Å². The number of hydrogen-bond acceptors (Lipinski definition) is 5. The summed E-state index contributed by atoms with van der Waals surface area (Å²) in [7, 11) is 0. The molecule has 0 aliphatic heterocycles. The smallest absolute Gasteiger partial charge is 0.325 e. The molecule has 0 unspecified atom stereocenters. The normalized spacial score (nSPS) is 15.5. The fourth-order valence-corrected chi connectivity index (χ4v) is 2.95. The number of amides is 1. The Morgan fingerprint density at radius 2 is 2.09 bits per heavy atom. The van der Waals surface area contributed by atoms with Crippen LogP contribution in [0.1, 0.15) is 42.5 Å². The van der Waals surface area contributed by atoms with E-state index >= 15 is 0 Å². The van der Waals surface area contributed by atoms with Crippen LogP contribution in [0.25, 0.3) is 11.1 Å². The number of hydrogen-bond donors (Lipinski definition) is 2. The van der Waals surface area contributed by atoms with E-state index in [-0.39, 0.29) is 23.4 Å². The Kier molecular flexibility index (Phi) is 4.76. The van der Waals surface area contributed by atoms with Crippen molar-refractivity contribution < 1.29 is 18.7 Å². The Bertz CT molecular complexity index is 774. The molecule has 2 N–H and O–H groups in total. The lowest BCUT2D eigenvalue weighted by molar-refractivity contribution is -0.149. The van der Waals surface area contributed by atoms with Gasteiger partial charge in [-0.15, -0.1) is 0 Å². The monoisotopic (exact) mass is 334 g/mol. The number of oxazole rings is 1. The Labute approximate surface area is 138 Å². The van der Waals surface area contributed by atoms with E-state index in [0.29, 0.717) is 11.1 Å². The van der Waals surface area contributed by atoms with E-state index in [1.165, 1.54) is 6.42 Å². The lowest BCUT2D eigenvalue weighted by Gasteiger charge is -2.21. The average molecular weight is 334 g/mol. The number of carbonyl (C=O) groups is 2. The van der Waals surface area contributed by atoms with Crippen LogP contribution in [0.2, 0.25) is 0 Å². The molecular weight excluding hydrogens is 316 g/mol. The first-order chi connectivity index (χ1) is 11.1. The highest BCUT2D eigenvalue weighted by molar-refractivity contribution is 7.71. The summed E-state index contributed by atoms with van der Waals surface area (Å²) in [4.78, 5) is 27.0. The standard InChI is InChI=1S/C16H18N2O4S/c19-14(21-11-4-2-1-3-5-11)9-17-15(20)10-6-7-12-13(8-10)22-16(23)18-12/h6-8,11H,1-5,9H2,(H,17,20)(H,18,23). The van der Waals surface area contributed by atoms with Crippen molar-refractivity contribution >= 4 is 35.2 Å². The van der Waals surface area contributed by atoms with Crippen LogP contribution in [-0.2, 0) is 9.53 Å². The molecule has 3 rings (SSSR count). The molecular formula is C16H18N2O4S. The zero-order valence-electron chi connectivity index (χ0n) is 12.6. The quantitative estimate of drug-likeness (QED) is 0.663. The van der Waals surface area contributed by atoms with Crippen LogP contribution in [0.15, 0.2) is 22.6 Å². The molecule has 1 fully saturated rings. The van der Waals surface area contributed by atoms with Crippen molar-refractivity contribution in [2.45, 2.75) is 38.2 Å². The fraction of sp³-hybridized carbons (Fsp3) is 0.438. The molecule has 6 nitrogen and oxygen atoms in total. The van der Waals surface area contributed by atoms with Gasteiger partial charge >= 0.3 is 5.97 Å². The summed E-state index contributed by atoms with van der Waals surface area (Å²) in [5.74, 6) is -0.750. The van der Waals surface area contributed by atoms with E-state index in [4.69, 9.17) is 21.4 Å². The number of H-pyrrole nitrogens is 1. The van der Waals surface area contributed by atoms with Gasteiger partial charge in [-0.1, -0.05) is 6.42 Å². The molecule has 1 aliphatic carbocycles. The van der Waals surface area contributed by atoms with Crippen molar-refractivity contribution in [2.24, 2.45) is 0 Å². The highest BCUT2D eigenvalue weighted by Gasteiger charge is 2.18. The minimum atomic E-state index is -0.398. The van der Waals surface area contributed by atoms with Gasteiger partial charge in [0, 0.05) is 5.56 Å². The summed E-state index contributed by atoms with van der Waals surface area (Å²) in [6, 6.07) is 4.94. The maximum Gasteiger partial charge on any atom is 0.325 e. The lowest BCUT2D eigenvalue weighted by Crippen LogP contribution is -2.33. The van der Waals surface area contributed by atoms with E-state index in [1.54, 1.807) is 18.2 Å². The molecule has 1 amide bonds. The van der Waals surface area contributed by atoms with Crippen LogP contribution < -0.4 is 5.32 Å². The molecule has 0 atom stereocenters. The number of esters is 1. The number of aromatic nitrogens is 1. The van der Waals surface area contributed by atoms with Gasteiger partial charge in [-0.2, -0.15) is 0 Å². The molecule has 1 aliphatic rings. The van der Waals surface area contributed by atoms with Gasteiger partial charge in [0.25, 0.3) is 10.7 Å². The third kappa shape index (κ3) is 3.98. The number of rotatable bonds is 4. The first kappa shape index (κ1) is 15.7. The second-order valence-electron chi connectivity index (χ2n) is 5.66. The van der Waals surface area contributed by atoms with Crippen LogP contribution in [0.3, 0.4) is 0 Å². The summed E-state index contributed by atoms with van der Waals surface area (Å²) in [6.45, 7) is -0.135. The second-order valence-corrected chi connectivity index (χ2v) is 6.03. The highest BCUT2D eigenvalue weighted by atomic mass is 32.1. The predicted molar refractivity (Wildman–Crippen MR) is 86.7 cm³/mol. The Balaban J connectivity index is 1.55. The number of fused-ring (bicyclic) bond motifs is 1. The number of aromatic amines is 1. The first-order valence-electron chi connectivity index (χ1n) is 7.72. The van der Waals surface area contributed by atoms with Crippen molar-refractivity contribution in [1.29, 1.82) is 0 Å². The van der Waals surface area contributed by atoms with Gasteiger partial charge in [-0.25, -0.2) is 0 Å². The maximum atomic E-state index is 12.1. The van der Waals surface area contributed by atoms with Crippen molar-refractivity contribution in [3.05, 3.63) is 28.6 Å². The Hall–Kier alpha value is -2.15. The van der Waals surface area contributed by atoms with E-state index < -0.39 is 5.97 Å². The van der Waals surface area contributed by atoms with Gasteiger partial charge in [0.2, 0.25) is 0 Å². The van der Waals surface area contributed by atoms with Crippen LogP contribution in [0, 0.1) is 4.84 Å². The molecule has 122 valence electrons. The number of ether oxygens (including phenoxy) is 1. The molecule has 0 saturated heterocycles. The van der Waals surface area contributed by atoms with Gasteiger partial charge in [0.1, 0.15) is 12.6 Å². The Morgan fingerprint density at radius 1 is 1.30 bits per heavy atom. The van der Waals surface area contributed by atoms with Crippen LogP contribution in [-0.4, -0.2) is 29.5 Å². The third-order valence-electron chi connectivity index (χ3n) is 3.93. The van der Waals surface area contributed by atoms with Crippen LogP contribution in [0.5, 0.6) is 0 Å². The first-order valence-corrected chi connectivity index (χ1v) is 8.13. The molecule has 2 aromatic rings. The summed E-state index contributed by atoms with van der Waals surface area (Å²) in [6.07, 6.45) is 5.20. The molecule has 1 heterocycles. The zero-order valence-corrected chi connectivity index (χ0v) is 13.4. The van der Waals surface area contributed by atoms with Gasteiger partial charge in [-0.3, -0.25) is 9.59 Å². The van der Waals surface area contributed by atoms with Crippen molar-refractivity contribution in [2.75, 3.05) is 6.54 Å². The van der Waals surface area contributed by atoms with Gasteiger partial charge < -0.3 is 19.5 Å². The van der Waals surface area contributed by atoms with E-state index in [1.807, 2.05) is 0 Å². The summed E-state index contributed by atoms with van der Waals surface area (Å²) < 4.78 is 10.6. The molecule has 1 aromatic carbocycles. The van der Waals surface area contributed by atoms with Crippen molar-refractivity contribution in [3.8, 4) is 0 Å². The van der Waals surface area contributed by atoms with E-state index in [0.717, 1.165) is 31.2 Å². The summed E-state index contributed by atoms with van der Waals surface area (Å²) in [5.41, 5.74) is 1.64. The van der Waals surface area contributed by atoms with Crippen LogP contribution in [0.4, 0.5) is 0 Å². The molecule has 0 radical (unpaired) electrons. The van der Waals surface area contributed by atoms with Gasteiger partial charge in [0.05, 0.1) is 5.52 Å². The molecule has 23 heavy (non-hydrogen) atoms. The molecule has 7 heteroatoms. The molecule has 1 aromatic heterocycles. The molecule has 0 spiro atoms. The SMILES string of the molecule is O=C(CNC(=O)c1ccc2[nH]c(=S)oc2c1)OC1CCCCC1. The molecule has 1 saturated carbocycles. The van der Waals surface area contributed by atoms with Gasteiger partial charge in [0.15, 0.2) is 5.58 Å². The Morgan fingerprint density at radius 3 is 2.87 bits per heavy atom. The summed E-state index contributed by atoms with van der Waals surface area (Å²) >= 11 is 4.90. The fourth-order valence-electron chi connectivity index (χ4n) is 2.75. The predicted octanol–water partition coefficient (Wildman–Crippen LogP) is 3.10. The minimum Gasteiger partial charge on any atom is -0.461 e. The number of carbonyl (C=O) groups excluding carboxylic acids is 2. The van der Waals surface area contributed by atoms with Crippen LogP contribution >= 0.6 is 12.2 Å². The number of nitrogens with one attached hydrogen (secondary N) is 2. The lowest BCUT2D eigenvalue weighted by atomic mass is 9.98. The van der Waals surface area contributed by atoms with Crippen molar-refractivity contribution in [1.82, 2.24) is 10.3 Å². The van der Waals surface area contributed by atoms with Crippen molar-refractivity contribution in [3.63, 3.8) is 0 Å². The second kappa shape index (κ2) is 6.95. The zero-order chi connectivity index (χ0) is 16.2. The van der Waals surface area contributed by atoms with Gasteiger partial charge in [-0.05, 0) is 56.1 Å². The highest BCUT2D eigenvalue weighted by Crippen LogP contribution is 2.20. The summed E-state index contributed by atoms with van der Waals surface area (Å²) in [5, 5.41) is 2.57. The average Bonchev–Trinajstić information content (AvgIpc) is 2.92.